The van der Waals surface area contributed by atoms with Crippen molar-refractivity contribution >= 4 is 12.0 Å². The number of ether oxygens (including phenoxy) is 3. The van der Waals surface area contributed by atoms with Gasteiger partial charge in [-0.2, -0.15) is 0 Å². The average molecular weight is 411 g/mol. The second kappa shape index (κ2) is 9.18. The number of aliphatic hydroxyl groups is 1. The van der Waals surface area contributed by atoms with Crippen molar-refractivity contribution in [1.29, 1.82) is 0 Å². The van der Waals surface area contributed by atoms with E-state index in [9.17, 15) is 9.90 Å². The summed E-state index contributed by atoms with van der Waals surface area (Å²) in [4.78, 5) is 11.9. The predicted octanol–water partition coefficient (Wildman–Crippen LogP) is 3.88. The first-order chi connectivity index (χ1) is 14.3. The number of rotatable bonds is 8. The van der Waals surface area contributed by atoms with Crippen LogP contribution >= 0.6 is 0 Å². The molecule has 1 aliphatic heterocycles. The van der Waals surface area contributed by atoms with Gasteiger partial charge in [0.2, 0.25) is 5.79 Å². The molecule has 30 heavy (non-hydrogen) atoms. The predicted molar refractivity (Wildman–Crippen MR) is 115 cm³/mol. The van der Waals surface area contributed by atoms with Crippen LogP contribution in [0.5, 0.6) is 0 Å². The number of carbonyl (C=O) groups is 1. The lowest BCUT2D eigenvalue weighted by Gasteiger charge is -2.37. The Hall–Kier alpha value is -2.39. The highest BCUT2D eigenvalue weighted by Crippen LogP contribution is 2.57. The third-order valence-electron chi connectivity index (χ3n) is 5.30. The highest BCUT2D eigenvalue weighted by Gasteiger charge is 2.62. The van der Waals surface area contributed by atoms with Gasteiger partial charge in [-0.3, -0.25) is 4.79 Å². The number of terminal acetylenes is 1. The van der Waals surface area contributed by atoms with Crippen molar-refractivity contribution in [1.82, 2.24) is 0 Å². The molecular formula is C25H30O5. The lowest BCUT2D eigenvalue weighted by Crippen LogP contribution is -2.43. The molecule has 2 aliphatic rings. The third-order valence-corrected chi connectivity index (χ3v) is 5.30. The van der Waals surface area contributed by atoms with Crippen LogP contribution in [0, 0.1) is 17.8 Å². The SMILES string of the molecule is C#C/C(=C\c1ccccc1)C(OC(C)=O)C1=C(CCCCO)C12OCC(C)(C)CO2. The van der Waals surface area contributed by atoms with Gasteiger partial charge in [0.15, 0.2) is 6.10 Å². The van der Waals surface area contributed by atoms with Crippen LogP contribution in [-0.2, 0) is 19.0 Å². The van der Waals surface area contributed by atoms with Crippen molar-refractivity contribution in [2.45, 2.75) is 51.9 Å². The molecule has 0 amide bonds. The minimum atomic E-state index is -0.961. The van der Waals surface area contributed by atoms with Gasteiger partial charge in [-0.05, 0) is 30.9 Å². The summed E-state index contributed by atoms with van der Waals surface area (Å²) in [6.45, 7) is 6.72. The van der Waals surface area contributed by atoms with Gasteiger partial charge in [-0.25, -0.2) is 0 Å². The highest BCUT2D eigenvalue weighted by atomic mass is 16.7. The van der Waals surface area contributed by atoms with Gasteiger partial charge in [0.25, 0.3) is 0 Å². The van der Waals surface area contributed by atoms with E-state index in [1.807, 2.05) is 36.4 Å². The lowest BCUT2D eigenvalue weighted by molar-refractivity contribution is -0.237. The number of benzene rings is 1. The Morgan fingerprint density at radius 2 is 1.93 bits per heavy atom. The number of aliphatic hydroxyl groups excluding tert-OH is 1. The van der Waals surface area contributed by atoms with Crippen LogP contribution in [0.25, 0.3) is 6.08 Å². The molecule has 160 valence electrons. The normalized spacial score (nSPS) is 20.6. The van der Waals surface area contributed by atoms with Crippen molar-refractivity contribution in [2.75, 3.05) is 19.8 Å². The zero-order valence-electron chi connectivity index (χ0n) is 17.9. The number of unbranched alkanes of at least 4 members (excludes halogenated alkanes) is 1. The Morgan fingerprint density at radius 3 is 2.50 bits per heavy atom. The van der Waals surface area contributed by atoms with E-state index in [2.05, 4.69) is 19.8 Å². The van der Waals surface area contributed by atoms with Crippen molar-refractivity contribution in [3.05, 3.63) is 52.6 Å². The van der Waals surface area contributed by atoms with E-state index in [1.54, 1.807) is 0 Å². The monoisotopic (exact) mass is 410 g/mol. The molecule has 3 rings (SSSR count). The number of carbonyl (C=O) groups excluding carboxylic acids is 1. The molecule has 5 heteroatoms. The molecule has 0 aromatic heterocycles. The van der Waals surface area contributed by atoms with Crippen LogP contribution in [-0.4, -0.2) is 42.8 Å². The Bertz CT molecular complexity index is 863. The molecule has 1 N–H and O–H groups in total. The number of hydrogen-bond acceptors (Lipinski definition) is 5. The molecule has 5 nitrogen and oxygen atoms in total. The van der Waals surface area contributed by atoms with Gasteiger partial charge in [-0.15, -0.1) is 6.42 Å². The fourth-order valence-electron chi connectivity index (χ4n) is 3.73. The molecule has 1 aliphatic carbocycles. The average Bonchev–Trinajstić information content (AvgIpc) is 3.34. The van der Waals surface area contributed by atoms with Crippen molar-refractivity contribution in [3.63, 3.8) is 0 Å². The zero-order chi connectivity index (χ0) is 21.8. The van der Waals surface area contributed by atoms with Crippen LogP contribution in [0.2, 0.25) is 0 Å². The van der Waals surface area contributed by atoms with E-state index in [4.69, 9.17) is 20.6 Å². The maximum atomic E-state index is 11.9. The second-order valence-electron chi connectivity index (χ2n) is 8.58. The first-order valence-corrected chi connectivity index (χ1v) is 10.4. The molecule has 0 radical (unpaired) electrons. The standard InChI is InChI=1S/C25H30O5/c1-5-20(15-19-11-7-6-8-12-19)23(30-18(2)27)22-21(13-9-10-14-26)25(22)28-16-24(3,4)17-29-25/h1,6-8,11-12,15,23,26H,9-10,13-14,16-17H2,2-4H3/b20-15+. The fourth-order valence-corrected chi connectivity index (χ4v) is 3.73. The largest absolute Gasteiger partial charge is 0.452 e. The van der Waals surface area contributed by atoms with Crippen molar-refractivity contribution in [2.24, 2.45) is 5.41 Å². The second-order valence-corrected chi connectivity index (χ2v) is 8.58. The maximum Gasteiger partial charge on any atom is 0.303 e. The van der Waals surface area contributed by atoms with Gasteiger partial charge in [0, 0.05) is 35.7 Å². The summed E-state index contributed by atoms with van der Waals surface area (Å²) < 4.78 is 18.1. The smallest absolute Gasteiger partial charge is 0.303 e. The molecule has 1 aromatic carbocycles. The minimum Gasteiger partial charge on any atom is -0.452 e. The van der Waals surface area contributed by atoms with Gasteiger partial charge in [-0.1, -0.05) is 50.1 Å². The fraction of sp³-hybridized carbons (Fsp3) is 0.480. The molecule has 1 saturated heterocycles. The lowest BCUT2D eigenvalue weighted by atomic mass is 9.95. The van der Waals surface area contributed by atoms with Crippen LogP contribution in [0.4, 0.5) is 0 Å². The molecule has 1 heterocycles. The van der Waals surface area contributed by atoms with Gasteiger partial charge >= 0.3 is 5.97 Å². The third kappa shape index (κ3) is 4.84. The molecule has 0 bridgehead atoms. The van der Waals surface area contributed by atoms with Crippen LogP contribution in [0.1, 0.15) is 45.6 Å². The zero-order valence-corrected chi connectivity index (χ0v) is 17.9. The first kappa shape index (κ1) is 22.3. The van der Waals surface area contributed by atoms with E-state index in [0.717, 1.165) is 23.1 Å². The minimum absolute atomic E-state index is 0.0963. The van der Waals surface area contributed by atoms with Crippen molar-refractivity contribution in [3.8, 4) is 12.3 Å². The summed E-state index contributed by atoms with van der Waals surface area (Å²) >= 11 is 0. The quantitative estimate of drug-likeness (QED) is 0.305. The highest BCUT2D eigenvalue weighted by molar-refractivity contribution is 5.71. The Kier molecular flexibility index (Phi) is 6.82. The van der Waals surface area contributed by atoms with E-state index < -0.39 is 17.9 Å². The maximum absolute atomic E-state index is 11.9. The molecule has 1 fully saturated rings. The van der Waals surface area contributed by atoms with E-state index in [-0.39, 0.29) is 12.0 Å². The molecule has 0 saturated carbocycles. The number of esters is 1. The topological polar surface area (TPSA) is 65.0 Å². The summed E-state index contributed by atoms with van der Waals surface area (Å²) in [6.07, 6.45) is 9.11. The Balaban J connectivity index is 1.96. The van der Waals surface area contributed by atoms with Gasteiger partial charge in [0.05, 0.1) is 13.2 Å². The van der Waals surface area contributed by atoms with Gasteiger partial charge < -0.3 is 19.3 Å². The number of hydrogen-bond donors (Lipinski definition) is 1. The van der Waals surface area contributed by atoms with Crippen LogP contribution in [0.3, 0.4) is 0 Å². The Labute approximate surface area is 178 Å². The van der Waals surface area contributed by atoms with Crippen LogP contribution in [0.15, 0.2) is 47.1 Å². The van der Waals surface area contributed by atoms with Crippen LogP contribution < -0.4 is 0 Å². The summed E-state index contributed by atoms with van der Waals surface area (Å²) in [5.74, 6) is 1.32. The van der Waals surface area contributed by atoms with Gasteiger partial charge in [0.1, 0.15) is 0 Å². The summed E-state index contributed by atoms with van der Waals surface area (Å²) in [6, 6.07) is 9.66. The molecule has 1 atom stereocenters. The van der Waals surface area contributed by atoms with Crippen molar-refractivity contribution < 1.29 is 24.1 Å². The van der Waals surface area contributed by atoms with E-state index in [1.165, 1.54) is 6.92 Å². The summed E-state index contributed by atoms with van der Waals surface area (Å²) in [5, 5.41) is 9.17. The molecular weight excluding hydrogens is 380 g/mol. The first-order valence-electron chi connectivity index (χ1n) is 10.4. The molecule has 1 unspecified atom stereocenters. The van der Waals surface area contributed by atoms with E-state index >= 15 is 0 Å². The summed E-state index contributed by atoms with van der Waals surface area (Å²) in [5.41, 5.74) is 3.12. The molecule has 1 spiro atoms. The Morgan fingerprint density at radius 1 is 1.27 bits per heavy atom. The molecule has 1 aromatic rings. The summed E-state index contributed by atoms with van der Waals surface area (Å²) in [7, 11) is 0. The van der Waals surface area contributed by atoms with E-state index in [0.29, 0.717) is 31.6 Å².